The Bertz CT molecular complexity index is 944. The molecule has 1 fully saturated rings. The lowest BCUT2D eigenvalue weighted by molar-refractivity contribution is 0.101. The molecule has 0 radical (unpaired) electrons. The van der Waals surface area contributed by atoms with E-state index in [1.54, 1.807) is 6.07 Å². The van der Waals surface area contributed by atoms with Crippen molar-refractivity contribution in [3.63, 3.8) is 0 Å². The van der Waals surface area contributed by atoms with Crippen molar-refractivity contribution in [2.45, 2.75) is 12.5 Å². The SMILES string of the molecule is COc1cc(N2CC[C@H](O)C2)nnc1C(=O)Nc1nnc(-c2cccs2)o1. The molecule has 140 valence electrons. The minimum Gasteiger partial charge on any atom is -0.494 e. The average Bonchev–Trinajstić information content (AvgIpc) is 3.42. The van der Waals surface area contributed by atoms with Gasteiger partial charge in [0, 0.05) is 19.2 Å². The number of amides is 1. The van der Waals surface area contributed by atoms with E-state index in [1.807, 2.05) is 22.4 Å². The highest BCUT2D eigenvalue weighted by molar-refractivity contribution is 7.13. The summed E-state index contributed by atoms with van der Waals surface area (Å²) in [5.41, 5.74) is -0.00290. The van der Waals surface area contributed by atoms with Crippen LogP contribution in [0.4, 0.5) is 11.8 Å². The topological polar surface area (TPSA) is 127 Å². The van der Waals surface area contributed by atoms with Crippen LogP contribution in [0.25, 0.3) is 10.8 Å². The van der Waals surface area contributed by atoms with Crippen molar-refractivity contribution in [2.75, 3.05) is 30.4 Å². The first-order chi connectivity index (χ1) is 13.1. The monoisotopic (exact) mass is 388 g/mol. The Morgan fingerprint density at radius 1 is 1.41 bits per heavy atom. The third-order valence-corrected chi connectivity index (χ3v) is 4.90. The highest BCUT2D eigenvalue weighted by Crippen LogP contribution is 2.26. The van der Waals surface area contributed by atoms with Crippen LogP contribution in [0.5, 0.6) is 5.75 Å². The number of carbonyl (C=O) groups is 1. The minimum atomic E-state index is -0.575. The van der Waals surface area contributed by atoms with E-state index in [-0.39, 0.29) is 17.5 Å². The molecule has 1 amide bonds. The highest BCUT2D eigenvalue weighted by atomic mass is 32.1. The lowest BCUT2D eigenvalue weighted by atomic mass is 10.3. The zero-order valence-electron chi connectivity index (χ0n) is 14.3. The van der Waals surface area contributed by atoms with Crippen LogP contribution in [0.3, 0.4) is 0 Å². The molecule has 0 unspecified atom stereocenters. The summed E-state index contributed by atoms with van der Waals surface area (Å²) in [7, 11) is 1.44. The van der Waals surface area contributed by atoms with Gasteiger partial charge in [-0.2, -0.15) is 0 Å². The van der Waals surface area contributed by atoms with Crippen molar-refractivity contribution >= 4 is 29.1 Å². The molecular weight excluding hydrogens is 372 g/mol. The Morgan fingerprint density at radius 3 is 3.00 bits per heavy atom. The molecule has 3 aromatic rings. The molecule has 1 aliphatic rings. The van der Waals surface area contributed by atoms with Crippen LogP contribution in [0.2, 0.25) is 0 Å². The number of nitrogens with zero attached hydrogens (tertiary/aromatic N) is 5. The molecule has 1 saturated heterocycles. The van der Waals surface area contributed by atoms with E-state index in [4.69, 9.17) is 9.15 Å². The van der Waals surface area contributed by atoms with Gasteiger partial charge in [0.2, 0.25) is 0 Å². The number of anilines is 2. The summed E-state index contributed by atoms with van der Waals surface area (Å²) in [6.07, 6.45) is 0.270. The van der Waals surface area contributed by atoms with Crippen LogP contribution in [0.1, 0.15) is 16.9 Å². The summed E-state index contributed by atoms with van der Waals surface area (Å²) in [5, 5.41) is 29.8. The lowest BCUT2D eigenvalue weighted by Crippen LogP contribution is -2.24. The number of hydrogen-bond donors (Lipinski definition) is 2. The van der Waals surface area contributed by atoms with E-state index in [1.165, 1.54) is 18.4 Å². The fourth-order valence-electron chi connectivity index (χ4n) is 2.71. The molecule has 0 saturated carbocycles. The van der Waals surface area contributed by atoms with Crippen LogP contribution in [-0.4, -0.2) is 57.7 Å². The van der Waals surface area contributed by atoms with E-state index >= 15 is 0 Å². The molecule has 1 atom stereocenters. The van der Waals surface area contributed by atoms with Crippen molar-refractivity contribution < 1.29 is 19.1 Å². The van der Waals surface area contributed by atoms with Gasteiger partial charge in [-0.05, 0) is 17.9 Å². The standard InChI is InChI=1S/C16H16N6O4S/c1-25-10-7-12(22-5-4-9(23)8-22)18-19-13(10)14(24)17-16-21-20-15(26-16)11-3-2-6-27-11/h2-3,6-7,9,23H,4-5,8H2,1H3,(H,17,21,24)/t9-/m0/s1. The van der Waals surface area contributed by atoms with Crippen LogP contribution in [-0.2, 0) is 0 Å². The number of nitrogens with one attached hydrogen (secondary N) is 1. The number of aliphatic hydroxyl groups excluding tert-OH is 1. The second kappa shape index (κ2) is 7.29. The Hall–Kier alpha value is -3.05. The van der Waals surface area contributed by atoms with Crippen molar-refractivity contribution in [3.8, 4) is 16.5 Å². The molecule has 27 heavy (non-hydrogen) atoms. The molecule has 0 aromatic carbocycles. The molecular formula is C16H16N6O4S. The summed E-state index contributed by atoms with van der Waals surface area (Å²) >= 11 is 1.45. The molecule has 4 heterocycles. The van der Waals surface area contributed by atoms with Crippen LogP contribution in [0, 0.1) is 0 Å². The van der Waals surface area contributed by atoms with Crippen LogP contribution in [0.15, 0.2) is 28.0 Å². The average molecular weight is 388 g/mol. The van der Waals surface area contributed by atoms with E-state index in [0.717, 1.165) is 4.88 Å². The number of rotatable bonds is 5. The van der Waals surface area contributed by atoms with Crippen LogP contribution >= 0.6 is 11.3 Å². The Labute approximate surface area is 157 Å². The maximum atomic E-state index is 12.5. The molecule has 0 spiro atoms. The fraction of sp³-hybridized carbons (Fsp3) is 0.312. The third-order valence-electron chi connectivity index (χ3n) is 4.05. The first-order valence-corrected chi connectivity index (χ1v) is 9.05. The van der Waals surface area contributed by atoms with Gasteiger partial charge in [-0.25, -0.2) is 0 Å². The van der Waals surface area contributed by atoms with Crippen molar-refractivity contribution in [1.29, 1.82) is 0 Å². The Kier molecular flexibility index (Phi) is 4.69. The number of aliphatic hydroxyl groups is 1. The smallest absolute Gasteiger partial charge is 0.322 e. The van der Waals surface area contributed by atoms with Gasteiger partial charge in [-0.15, -0.1) is 26.6 Å². The maximum Gasteiger partial charge on any atom is 0.322 e. The first-order valence-electron chi connectivity index (χ1n) is 8.17. The molecule has 1 aliphatic heterocycles. The molecule has 2 N–H and O–H groups in total. The number of methoxy groups -OCH3 is 1. The zero-order chi connectivity index (χ0) is 18.8. The summed E-state index contributed by atoms with van der Waals surface area (Å²) in [5.74, 6) is 0.546. The summed E-state index contributed by atoms with van der Waals surface area (Å²) in [4.78, 5) is 15.2. The normalized spacial score (nSPS) is 16.5. The van der Waals surface area contributed by atoms with E-state index < -0.39 is 12.0 Å². The Morgan fingerprint density at radius 2 is 2.30 bits per heavy atom. The second-order valence-electron chi connectivity index (χ2n) is 5.85. The van der Waals surface area contributed by atoms with Gasteiger partial charge in [-0.1, -0.05) is 11.2 Å². The fourth-order valence-corrected chi connectivity index (χ4v) is 3.36. The number of hydrogen-bond acceptors (Lipinski definition) is 10. The maximum absolute atomic E-state index is 12.5. The van der Waals surface area contributed by atoms with Gasteiger partial charge < -0.3 is 19.2 Å². The predicted octanol–water partition coefficient (Wildman–Crippen LogP) is 1.42. The van der Waals surface area contributed by atoms with E-state index in [9.17, 15) is 9.90 Å². The molecule has 3 aromatic heterocycles. The van der Waals surface area contributed by atoms with Gasteiger partial charge in [0.25, 0.3) is 11.8 Å². The van der Waals surface area contributed by atoms with E-state index in [2.05, 4.69) is 25.7 Å². The minimum absolute atomic E-state index is 0.00290. The first kappa shape index (κ1) is 17.4. The lowest BCUT2D eigenvalue weighted by Gasteiger charge is -2.17. The number of carbonyl (C=O) groups excluding carboxylic acids is 1. The molecule has 0 bridgehead atoms. The number of thiophene rings is 1. The molecule has 10 nitrogen and oxygen atoms in total. The van der Waals surface area contributed by atoms with Crippen molar-refractivity contribution in [3.05, 3.63) is 29.3 Å². The Balaban J connectivity index is 1.51. The summed E-state index contributed by atoms with van der Waals surface area (Å²) in [6.45, 7) is 1.13. The summed E-state index contributed by atoms with van der Waals surface area (Å²) in [6, 6.07) is 5.28. The number of ether oxygens (including phenoxy) is 1. The number of β-amino-alcohol motifs (C(OH)–C–C–N with tert-alkyl or cyclic N) is 1. The quantitative estimate of drug-likeness (QED) is 0.667. The molecule has 0 aliphatic carbocycles. The van der Waals surface area contributed by atoms with Gasteiger partial charge in [0.1, 0.15) is 0 Å². The van der Waals surface area contributed by atoms with E-state index in [0.29, 0.717) is 31.2 Å². The van der Waals surface area contributed by atoms with Crippen LogP contribution < -0.4 is 15.0 Å². The van der Waals surface area contributed by atoms with Gasteiger partial charge >= 0.3 is 6.01 Å². The molecule has 4 rings (SSSR count). The molecule has 11 heteroatoms. The van der Waals surface area contributed by atoms with Crippen molar-refractivity contribution in [1.82, 2.24) is 20.4 Å². The largest absolute Gasteiger partial charge is 0.494 e. The third kappa shape index (κ3) is 3.59. The second-order valence-corrected chi connectivity index (χ2v) is 6.80. The van der Waals surface area contributed by atoms with Gasteiger partial charge in [0.15, 0.2) is 17.3 Å². The zero-order valence-corrected chi connectivity index (χ0v) is 15.1. The number of aromatic nitrogens is 4. The van der Waals surface area contributed by atoms with Gasteiger partial charge in [0.05, 0.1) is 18.1 Å². The predicted molar refractivity (Wildman–Crippen MR) is 97.0 cm³/mol. The summed E-state index contributed by atoms with van der Waals surface area (Å²) < 4.78 is 10.7. The van der Waals surface area contributed by atoms with Gasteiger partial charge in [-0.3, -0.25) is 10.1 Å². The highest BCUT2D eigenvalue weighted by Gasteiger charge is 2.25. The van der Waals surface area contributed by atoms with Crippen molar-refractivity contribution in [2.24, 2.45) is 0 Å².